The van der Waals surface area contributed by atoms with Gasteiger partial charge in [0.25, 0.3) is 0 Å². The van der Waals surface area contributed by atoms with E-state index in [1.165, 1.54) is 36.2 Å². The predicted molar refractivity (Wildman–Crippen MR) is 102 cm³/mol. The number of carbonyl (C=O) groups is 1. The summed E-state index contributed by atoms with van der Waals surface area (Å²) >= 11 is 1.36. The lowest BCUT2D eigenvalue weighted by Gasteiger charge is -2.04. The highest BCUT2D eigenvalue weighted by molar-refractivity contribution is 8.00. The van der Waals surface area contributed by atoms with Crippen molar-refractivity contribution in [3.8, 4) is 5.75 Å². The number of benzene rings is 2. The van der Waals surface area contributed by atoms with Crippen LogP contribution in [0.5, 0.6) is 5.75 Å². The molecule has 2 aromatic carbocycles. The van der Waals surface area contributed by atoms with E-state index in [1.54, 1.807) is 6.20 Å². The summed E-state index contributed by atoms with van der Waals surface area (Å²) in [6.07, 6.45) is 2.97. The Morgan fingerprint density at radius 2 is 2.08 bits per heavy atom. The highest BCUT2D eigenvalue weighted by Crippen LogP contribution is 2.26. The maximum atomic E-state index is 12.0. The van der Waals surface area contributed by atoms with Gasteiger partial charge in [-0.3, -0.25) is 9.78 Å². The van der Waals surface area contributed by atoms with Crippen LogP contribution in [0.3, 0.4) is 0 Å². The average molecular weight is 366 g/mol. The molecule has 0 saturated carbocycles. The van der Waals surface area contributed by atoms with Gasteiger partial charge in [-0.05, 0) is 35.5 Å². The molecule has 1 aromatic heterocycles. The van der Waals surface area contributed by atoms with Gasteiger partial charge in [-0.1, -0.05) is 18.2 Å². The number of fused-ring (bicyclic) bond motifs is 1. The number of hydrogen-bond donors (Lipinski definition) is 2. The van der Waals surface area contributed by atoms with E-state index in [0.29, 0.717) is 0 Å². The summed E-state index contributed by atoms with van der Waals surface area (Å²) in [5.74, 6) is -0.204. The fourth-order valence-corrected chi connectivity index (χ4v) is 3.08. The highest BCUT2D eigenvalue weighted by Gasteiger charge is 2.06. The van der Waals surface area contributed by atoms with E-state index < -0.39 is 0 Å². The fraction of sp³-hybridized carbons (Fsp3) is 0.0556. The highest BCUT2D eigenvalue weighted by atomic mass is 32.2. The first-order valence-electron chi connectivity index (χ1n) is 7.62. The lowest BCUT2D eigenvalue weighted by Crippen LogP contribution is -2.19. The molecular weight excluding hydrogens is 352 g/mol. The molecule has 0 aliphatic heterocycles. The maximum Gasteiger partial charge on any atom is 0.250 e. The van der Waals surface area contributed by atoms with Crippen molar-refractivity contribution in [2.24, 2.45) is 10.3 Å². The van der Waals surface area contributed by atoms with Gasteiger partial charge in [0.15, 0.2) is 0 Å². The predicted octanol–water partition coefficient (Wildman–Crippen LogP) is 3.58. The molecule has 8 heteroatoms. The third-order valence-electron chi connectivity index (χ3n) is 3.46. The number of carbonyl (C=O) groups excluding carboxylic acids is 1. The van der Waals surface area contributed by atoms with Crippen molar-refractivity contribution in [1.29, 1.82) is 0 Å². The molecule has 0 aliphatic carbocycles. The summed E-state index contributed by atoms with van der Waals surface area (Å²) < 4.78 is 0. The van der Waals surface area contributed by atoms with Crippen LogP contribution in [0.15, 0.2) is 69.9 Å². The number of aromatic hydroxyl groups is 1. The lowest BCUT2D eigenvalue weighted by molar-refractivity contribution is -0.118. The van der Waals surface area contributed by atoms with E-state index in [1.807, 2.05) is 30.3 Å². The molecule has 3 rings (SSSR count). The molecule has 7 nitrogen and oxygen atoms in total. The largest absolute Gasteiger partial charge is 0.507 e. The van der Waals surface area contributed by atoms with E-state index in [-0.39, 0.29) is 28.7 Å². The summed E-state index contributed by atoms with van der Waals surface area (Å²) in [5.41, 5.74) is 3.68. The Morgan fingerprint density at radius 1 is 1.23 bits per heavy atom. The van der Waals surface area contributed by atoms with E-state index in [0.717, 1.165) is 15.8 Å². The number of rotatable bonds is 6. The van der Waals surface area contributed by atoms with E-state index in [2.05, 4.69) is 20.7 Å². The van der Waals surface area contributed by atoms with Crippen molar-refractivity contribution in [3.05, 3.63) is 65.2 Å². The molecule has 3 aromatic rings. The maximum absolute atomic E-state index is 12.0. The molecule has 0 saturated heterocycles. The van der Waals surface area contributed by atoms with Gasteiger partial charge < -0.3 is 5.11 Å². The minimum atomic E-state index is -0.302. The Morgan fingerprint density at radius 3 is 2.92 bits per heavy atom. The van der Waals surface area contributed by atoms with Gasteiger partial charge in [0.05, 0.1) is 17.5 Å². The number of nitrogens with one attached hydrogen (secondary N) is 1. The molecule has 0 spiro atoms. The number of aromatic nitrogens is 1. The second-order valence-corrected chi connectivity index (χ2v) is 6.26. The summed E-state index contributed by atoms with van der Waals surface area (Å²) in [4.78, 5) is 27.7. The SMILES string of the molecule is O=Nc1ccc(O)c(/C=N\NC(=O)CSc2cccc3cccnc23)c1. The Kier molecular flexibility index (Phi) is 5.55. The zero-order valence-corrected chi connectivity index (χ0v) is 14.3. The van der Waals surface area contributed by atoms with Gasteiger partial charge in [-0.15, -0.1) is 16.7 Å². The smallest absolute Gasteiger partial charge is 0.250 e. The second kappa shape index (κ2) is 8.21. The molecule has 26 heavy (non-hydrogen) atoms. The Balaban J connectivity index is 1.60. The average Bonchev–Trinajstić information content (AvgIpc) is 2.67. The fourth-order valence-electron chi connectivity index (χ4n) is 2.24. The first-order chi connectivity index (χ1) is 12.7. The van der Waals surface area contributed by atoms with Crippen molar-refractivity contribution >= 4 is 40.5 Å². The second-order valence-electron chi connectivity index (χ2n) is 5.25. The third-order valence-corrected chi connectivity index (χ3v) is 4.51. The van der Waals surface area contributed by atoms with Crippen molar-refractivity contribution in [2.75, 3.05) is 5.75 Å². The first kappa shape index (κ1) is 17.6. The van der Waals surface area contributed by atoms with Crippen molar-refractivity contribution in [2.45, 2.75) is 4.90 Å². The van der Waals surface area contributed by atoms with Crippen LogP contribution >= 0.6 is 11.8 Å². The van der Waals surface area contributed by atoms with Gasteiger partial charge in [0.2, 0.25) is 5.91 Å². The zero-order chi connectivity index (χ0) is 18.4. The van der Waals surface area contributed by atoms with E-state index in [9.17, 15) is 14.8 Å². The molecule has 0 aliphatic rings. The van der Waals surface area contributed by atoms with Gasteiger partial charge >= 0.3 is 0 Å². The number of phenols is 1. The number of thioether (sulfide) groups is 1. The van der Waals surface area contributed by atoms with Crippen LogP contribution in [0.1, 0.15) is 5.56 Å². The Bertz CT molecular complexity index is 986. The van der Waals surface area contributed by atoms with Crippen LogP contribution in [0, 0.1) is 4.91 Å². The normalized spacial score (nSPS) is 10.9. The van der Waals surface area contributed by atoms with E-state index in [4.69, 9.17) is 0 Å². The minimum absolute atomic E-state index is 0.0633. The Hall–Kier alpha value is -3.26. The van der Waals surface area contributed by atoms with Gasteiger partial charge in [0, 0.05) is 22.0 Å². The number of pyridine rings is 1. The summed E-state index contributed by atoms with van der Waals surface area (Å²) in [6, 6.07) is 13.7. The monoisotopic (exact) mass is 366 g/mol. The van der Waals surface area contributed by atoms with Crippen LogP contribution in [0.2, 0.25) is 0 Å². The van der Waals surface area contributed by atoms with Crippen LogP contribution in [-0.2, 0) is 4.79 Å². The van der Waals surface area contributed by atoms with Gasteiger partial charge in [-0.2, -0.15) is 5.10 Å². The molecule has 1 heterocycles. The zero-order valence-electron chi connectivity index (χ0n) is 13.5. The Labute approximate surface area is 153 Å². The molecule has 130 valence electrons. The molecule has 1 amide bonds. The molecule has 0 atom stereocenters. The number of phenolic OH excluding ortho intramolecular Hbond substituents is 1. The van der Waals surface area contributed by atoms with Crippen LogP contribution in [-0.4, -0.2) is 28.0 Å². The molecule has 2 N–H and O–H groups in total. The number of para-hydroxylation sites is 1. The van der Waals surface area contributed by atoms with Crippen LogP contribution in [0.25, 0.3) is 10.9 Å². The number of nitrogens with zero attached hydrogens (tertiary/aromatic N) is 3. The summed E-state index contributed by atoms with van der Waals surface area (Å²) in [7, 11) is 0. The van der Waals surface area contributed by atoms with Crippen LogP contribution < -0.4 is 5.43 Å². The lowest BCUT2D eigenvalue weighted by atomic mass is 10.2. The standard InChI is InChI=1S/C18H14N4O3S/c23-15-7-6-14(22-25)9-13(15)10-20-21-17(24)11-26-16-5-1-3-12-4-2-8-19-18(12)16/h1-10,23H,11H2,(H,21,24)/b20-10-. The minimum Gasteiger partial charge on any atom is -0.507 e. The van der Waals surface area contributed by atoms with Gasteiger partial charge in [-0.25, -0.2) is 5.43 Å². The molecule has 0 radical (unpaired) electrons. The summed E-state index contributed by atoms with van der Waals surface area (Å²) in [6.45, 7) is 0. The molecule has 0 unspecified atom stereocenters. The van der Waals surface area contributed by atoms with Crippen LogP contribution in [0.4, 0.5) is 5.69 Å². The molecule has 0 fully saturated rings. The number of amides is 1. The third kappa shape index (κ3) is 4.22. The molecular formula is C18H14N4O3S. The van der Waals surface area contributed by atoms with Crippen molar-refractivity contribution < 1.29 is 9.90 Å². The number of hydrazone groups is 1. The van der Waals surface area contributed by atoms with Gasteiger partial charge in [0.1, 0.15) is 11.4 Å². The summed E-state index contributed by atoms with van der Waals surface area (Å²) in [5, 5.41) is 17.3. The first-order valence-corrected chi connectivity index (χ1v) is 8.61. The van der Waals surface area contributed by atoms with Crippen molar-refractivity contribution in [1.82, 2.24) is 10.4 Å². The molecule has 0 bridgehead atoms. The number of nitroso groups, excluding NO2 is 1. The van der Waals surface area contributed by atoms with Crippen molar-refractivity contribution in [3.63, 3.8) is 0 Å². The topological polar surface area (TPSA) is 104 Å². The number of hydrogen-bond acceptors (Lipinski definition) is 7. The quantitative estimate of drug-likeness (QED) is 0.300. The van der Waals surface area contributed by atoms with E-state index >= 15 is 0 Å².